The average Bonchev–Trinajstić information content (AvgIpc) is 2.65. The van der Waals surface area contributed by atoms with Crippen LogP contribution in [0.15, 0.2) is 35.3 Å². The predicted octanol–water partition coefficient (Wildman–Crippen LogP) is 0.489. The van der Waals surface area contributed by atoms with E-state index in [1.54, 1.807) is 7.05 Å². The summed E-state index contributed by atoms with van der Waals surface area (Å²) in [5.74, 6) is 0.971. The van der Waals surface area contributed by atoms with Crippen LogP contribution in [0.25, 0.3) is 0 Å². The number of morpholine rings is 1. The molecule has 0 saturated carbocycles. The Hall–Kier alpha value is -1.64. The van der Waals surface area contributed by atoms with Crippen LogP contribution >= 0.6 is 0 Å². The minimum absolute atomic E-state index is 0.0976. The molecule has 7 nitrogen and oxygen atoms in total. The Morgan fingerprint density at radius 1 is 1.15 bits per heavy atom. The van der Waals surface area contributed by atoms with Crippen molar-refractivity contribution in [2.45, 2.75) is 12.2 Å². The second-order valence-corrected chi connectivity index (χ2v) is 8.50. The molecule has 1 saturated heterocycles. The number of sulfone groups is 1. The van der Waals surface area contributed by atoms with Gasteiger partial charge in [-0.3, -0.25) is 9.89 Å². The Morgan fingerprint density at radius 3 is 2.54 bits per heavy atom. The first kappa shape index (κ1) is 20.7. The molecule has 0 amide bonds. The fraction of sp³-hybridized carbons (Fsp3) is 0.611. The molecule has 0 aromatic heterocycles. The molecule has 0 bridgehead atoms. The number of ether oxygens (including phenoxy) is 1. The lowest BCUT2D eigenvalue weighted by Crippen LogP contribution is -2.44. The van der Waals surface area contributed by atoms with Crippen molar-refractivity contribution in [3.05, 3.63) is 35.9 Å². The number of hydrogen-bond donors (Lipinski definition) is 2. The summed E-state index contributed by atoms with van der Waals surface area (Å²) in [5, 5.41) is 6.44. The van der Waals surface area contributed by atoms with Crippen molar-refractivity contribution < 1.29 is 13.2 Å². The molecule has 1 aromatic rings. The summed E-state index contributed by atoms with van der Waals surface area (Å²) in [5.41, 5.74) is 0.834. The highest BCUT2D eigenvalue weighted by Gasteiger charge is 2.12. The smallest absolute Gasteiger partial charge is 0.191 e. The monoisotopic (exact) mass is 382 g/mol. The van der Waals surface area contributed by atoms with Gasteiger partial charge in [-0.05, 0) is 12.0 Å². The Balaban J connectivity index is 1.60. The quantitative estimate of drug-likeness (QED) is 0.367. The Bertz CT molecular complexity index is 644. The molecule has 26 heavy (non-hydrogen) atoms. The second kappa shape index (κ2) is 11.2. The van der Waals surface area contributed by atoms with Gasteiger partial charge < -0.3 is 15.4 Å². The van der Waals surface area contributed by atoms with Gasteiger partial charge in [0.15, 0.2) is 15.8 Å². The van der Waals surface area contributed by atoms with Crippen molar-refractivity contribution >= 4 is 15.8 Å². The molecule has 1 aliphatic heterocycles. The molecule has 0 unspecified atom stereocenters. The molecule has 0 radical (unpaired) electrons. The maximum atomic E-state index is 12.2. The van der Waals surface area contributed by atoms with Gasteiger partial charge in [0.1, 0.15) is 0 Å². The standard InChI is InChI=1S/C18H30N4O3S/c1-19-18(21-9-10-22-11-13-25-14-12-22)20-8-5-15-26(23,24)16-17-6-3-2-4-7-17/h2-4,6-7H,5,8-16H2,1H3,(H2,19,20,21). The summed E-state index contributed by atoms with van der Waals surface area (Å²) >= 11 is 0. The lowest BCUT2D eigenvalue weighted by Gasteiger charge is -2.26. The Kier molecular flexibility index (Phi) is 8.87. The largest absolute Gasteiger partial charge is 0.379 e. The van der Waals surface area contributed by atoms with E-state index in [1.165, 1.54) is 0 Å². The van der Waals surface area contributed by atoms with Crippen molar-refractivity contribution in [2.24, 2.45) is 4.99 Å². The fourth-order valence-corrected chi connectivity index (χ4v) is 4.21. The number of nitrogens with one attached hydrogen (secondary N) is 2. The molecule has 1 aromatic carbocycles. The van der Waals surface area contributed by atoms with Gasteiger partial charge in [0.2, 0.25) is 0 Å². The fourth-order valence-electron chi connectivity index (χ4n) is 2.78. The van der Waals surface area contributed by atoms with Crippen LogP contribution in [0.4, 0.5) is 0 Å². The van der Waals surface area contributed by atoms with E-state index in [0.717, 1.165) is 45.0 Å². The highest BCUT2D eigenvalue weighted by Crippen LogP contribution is 2.06. The predicted molar refractivity (Wildman–Crippen MR) is 105 cm³/mol. The van der Waals surface area contributed by atoms with Crippen molar-refractivity contribution in [3.63, 3.8) is 0 Å². The van der Waals surface area contributed by atoms with Gasteiger partial charge in [0.25, 0.3) is 0 Å². The average molecular weight is 383 g/mol. The van der Waals surface area contributed by atoms with Gasteiger partial charge in [-0.15, -0.1) is 0 Å². The molecule has 2 rings (SSSR count). The third-order valence-electron chi connectivity index (χ3n) is 4.20. The molecular formula is C18H30N4O3S. The minimum atomic E-state index is -3.09. The van der Waals surface area contributed by atoms with E-state index in [9.17, 15) is 8.42 Å². The van der Waals surface area contributed by atoms with Crippen LogP contribution in [0.5, 0.6) is 0 Å². The van der Waals surface area contributed by atoms with Gasteiger partial charge in [-0.2, -0.15) is 0 Å². The van der Waals surface area contributed by atoms with Crippen LogP contribution in [-0.2, 0) is 20.3 Å². The van der Waals surface area contributed by atoms with Crippen LogP contribution in [0.3, 0.4) is 0 Å². The Morgan fingerprint density at radius 2 is 1.85 bits per heavy atom. The highest BCUT2D eigenvalue weighted by atomic mass is 32.2. The zero-order chi connectivity index (χ0) is 18.7. The van der Waals surface area contributed by atoms with Crippen molar-refractivity contribution in [3.8, 4) is 0 Å². The zero-order valence-electron chi connectivity index (χ0n) is 15.5. The van der Waals surface area contributed by atoms with Gasteiger partial charge in [0.05, 0.1) is 24.7 Å². The lowest BCUT2D eigenvalue weighted by molar-refractivity contribution is 0.0389. The van der Waals surface area contributed by atoms with Crippen LogP contribution in [0, 0.1) is 0 Å². The van der Waals surface area contributed by atoms with Crippen LogP contribution < -0.4 is 10.6 Å². The minimum Gasteiger partial charge on any atom is -0.379 e. The van der Waals surface area contributed by atoms with E-state index >= 15 is 0 Å². The normalized spacial score (nSPS) is 16.4. The highest BCUT2D eigenvalue weighted by molar-refractivity contribution is 7.90. The maximum absolute atomic E-state index is 12.2. The Labute approximate surface area is 156 Å². The number of nitrogens with zero attached hydrogens (tertiary/aromatic N) is 2. The SMILES string of the molecule is CN=C(NCCCS(=O)(=O)Cc1ccccc1)NCCN1CCOCC1. The maximum Gasteiger partial charge on any atom is 0.191 e. The molecule has 0 atom stereocenters. The van der Waals surface area contributed by atoms with Gasteiger partial charge in [-0.1, -0.05) is 30.3 Å². The first-order valence-corrected chi connectivity index (χ1v) is 10.9. The lowest BCUT2D eigenvalue weighted by atomic mass is 10.2. The summed E-state index contributed by atoms with van der Waals surface area (Å²) in [6.45, 7) is 5.83. The van der Waals surface area contributed by atoms with Crippen molar-refractivity contribution in [2.75, 3.05) is 58.7 Å². The topological polar surface area (TPSA) is 83.0 Å². The second-order valence-electron chi connectivity index (χ2n) is 6.31. The van der Waals surface area contributed by atoms with E-state index in [1.807, 2.05) is 30.3 Å². The number of rotatable bonds is 9. The summed E-state index contributed by atoms with van der Waals surface area (Å²) < 4.78 is 29.7. The van der Waals surface area contributed by atoms with Crippen molar-refractivity contribution in [1.82, 2.24) is 15.5 Å². The molecule has 146 valence electrons. The third-order valence-corrected chi connectivity index (χ3v) is 5.89. The van der Waals surface area contributed by atoms with E-state index < -0.39 is 9.84 Å². The van der Waals surface area contributed by atoms with E-state index in [-0.39, 0.29) is 11.5 Å². The zero-order valence-corrected chi connectivity index (χ0v) is 16.3. The van der Waals surface area contributed by atoms with Crippen molar-refractivity contribution in [1.29, 1.82) is 0 Å². The molecule has 1 aliphatic rings. The molecule has 1 heterocycles. The van der Waals surface area contributed by atoms with Crippen LogP contribution in [0.2, 0.25) is 0 Å². The molecular weight excluding hydrogens is 352 g/mol. The molecule has 2 N–H and O–H groups in total. The first-order chi connectivity index (χ1) is 12.6. The van der Waals surface area contributed by atoms with E-state index in [2.05, 4.69) is 20.5 Å². The molecule has 0 spiro atoms. The molecule has 1 fully saturated rings. The van der Waals surface area contributed by atoms with E-state index in [4.69, 9.17) is 4.74 Å². The van der Waals surface area contributed by atoms with Gasteiger partial charge in [-0.25, -0.2) is 8.42 Å². The summed E-state index contributed by atoms with van der Waals surface area (Å²) in [6.07, 6.45) is 0.555. The van der Waals surface area contributed by atoms with Crippen LogP contribution in [0.1, 0.15) is 12.0 Å². The number of hydrogen-bond acceptors (Lipinski definition) is 5. The number of aliphatic imine (C=N–C) groups is 1. The first-order valence-electron chi connectivity index (χ1n) is 9.08. The number of guanidine groups is 1. The third kappa shape index (κ3) is 8.16. The number of benzene rings is 1. The van der Waals surface area contributed by atoms with Gasteiger partial charge in [0, 0.05) is 39.8 Å². The molecule has 8 heteroatoms. The summed E-state index contributed by atoms with van der Waals surface area (Å²) in [4.78, 5) is 6.52. The summed E-state index contributed by atoms with van der Waals surface area (Å²) in [6, 6.07) is 9.29. The van der Waals surface area contributed by atoms with Crippen LogP contribution in [-0.4, -0.2) is 78.0 Å². The van der Waals surface area contributed by atoms with E-state index in [0.29, 0.717) is 18.9 Å². The summed E-state index contributed by atoms with van der Waals surface area (Å²) in [7, 11) is -1.37. The van der Waals surface area contributed by atoms with Gasteiger partial charge >= 0.3 is 0 Å². The molecule has 0 aliphatic carbocycles.